The lowest BCUT2D eigenvalue weighted by Gasteiger charge is -2.31. The molecule has 1 aliphatic carbocycles. The third kappa shape index (κ3) is 3.07. The third-order valence-electron chi connectivity index (χ3n) is 4.32. The predicted molar refractivity (Wildman–Crippen MR) is 88.3 cm³/mol. The maximum atomic E-state index is 12.4. The highest BCUT2D eigenvalue weighted by Gasteiger charge is 2.29. The van der Waals surface area contributed by atoms with Crippen molar-refractivity contribution in [3.63, 3.8) is 0 Å². The summed E-state index contributed by atoms with van der Waals surface area (Å²) in [5.74, 6) is 0.684. The number of aliphatic hydroxyl groups is 1. The fourth-order valence-electron chi connectivity index (χ4n) is 3.08. The van der Waals surface area contributed by atoms with E-state index in [1.165, 1.54) is 5.56 Å². The first-order valence-corrected chi connectivity index (χ1v) is 7.96. The number of carbonyl (C=O) groups is 1. The lowest BCUT2D eigenvalue weighted by Crippen LogP contribution is -2.41. The average Bonchev–Trinajstić information content (AvgIpc) is 2.90. The van der Waals surface area contributed by atoms with Crippen molar-refractivity contribution >= 4 is 11.8 Å². The van der Waals surface area contributed by atoms with Crippen LogP contribution in [0.2, 0.25) is 0 Å². The molecule has 0 saturated carbocycles. The molecule has 23 heavy (non-hydrogen) atoms. The number of anilines is 1. The zero-order valence-electron chi connectivity index (χ0n) is 13.4. The van der Waals surface area contributed by atoms with Gasteiger partial charge in [-0.25, -0.2) is 9.48 Å². The molecule has 0 unspecified atom stereocenters. The maximum absolute atomic E-state index is 12.4. The first-order chi connectivity index (χ1) is 11.1. The number of aryl methyl sites for hydroxylation is 3. The fraction of sp³-hybridized carbons (Fsp3) is 0.412. The van der Waals surface area contributed by atoms with Crippen LogP contribution < -0.4 is 10.6 Å². The number of nitrogens with one attached hydrogen (secondary N) is 2. The van der Waals surface area contributed by atoms with E-state index in [9.17, 15) is 9.90 Å². The Morgan fingerprint density at radius 1 is 1.43 bits per heavy atom. The molecule has 0 bridgehead atoms. The molecule has 2 aromatic rings. The average molecular weight is 314 g/mol. The van der Waals surface area contributed by atoms with Gasteiger partial charge in [0.25, 0.3) is 0 Å². The third-order valence-corrected chi connectivity index (χ3v) is 4.32. The molecule has 2 amide bonds. The molecule has 1 aromatic carbocycles. The molecule has 122 valence electrons. The van der Waals surface area contributed by atoms with E-state index < -0.39 is 12.1 Å². The minimum atomic E-state index is -0.576. The summed E-state index contributed by atoms with van der Waals surface area (Å²) in [4.78, 5) is 12.4. The number of hydrogen-bond acceptors (Lipinski definition) is 3. The van der Waals surface area contributed by atoms with Crippen LogP contribution in [0, 0.1) is 6.92 Å². The number of rotatable bonds is 3. The summed E-state index contributed by atoms with van der Waals surface area (Å²) >= 11 is 0. The topological polar surface area (TPSA) is 79.2 Å². The van der Waals surface area contributed by atoms with Crippen molar-refractivity contribution in [3.05, 3.63) is 47.2 Å². The van der Waals surface area contributed by atoms with Crippen LogP contribution in [0.5, 0.6) is 0 Å². The summed E-state index contributed by atoms with van der Waals surface area (Å²) in [5, 5.41) is 20.2. The molecule has 2 atom stereocenters. The highest BCUT2D eigenvalue weighted by atomic mass is 16.3. The van der Waals surface area contributed by atoms with Gasteiger partial charge in [-0.1, -0.05) is 24.3 Å². The molecule has 6 nitrogen and oxygen atoms in total. The van der Waals surface area contributed by atoms with Crippen molar-refractivity contribution in [2.24, 2.45) is 0 Å². The van der Waals surface area contributed by atoms with Gasteiger partial charge in [0.2, 0.25) is 0 Å². The normalized spacial score (nSPS) is 20.0. The van der Waals surface area contributed by atoms with Gasteiger partial charge in [0, 0.05) is 12.1 Å². The summed E-state index contributed by atoms with van der Waals surface area (Å²) in [6, 6.07) is 7.20. The van der Waals surface area contributed by atoms with Gasteiger partial charge >= 0.3 is 6.03 Å². The molecule has 1 aliphatic rings. The van der Waals surface area contributed by atoms with Gasteiger partial charge in [-0.3, -0.25) is 5.32 Å². The first kappa shape index (κ1) is 15.6. The van der Waals surface area contributed by atoms with E-state index in [1.54, 1.807) is 10.9 Å². The van der Waals surface area contributed by atoms with Crippen molar-refractivity contribution < 1.29 is 9.90 Å². The molecule has 1 aromatic heterocycles. The Labute approximate surface area is 135 Å². The number of nitrogens with zero attached hydrogens (tertiary/aromatic N) is 2. The van der Waals surface area contributed by atoms with Gasteiger partial charge in [-0.15, -0.1) is 0 Å². The van der Waals surface area contributed by atoms with E-state index in [0.717, 1.165) is 17.5 Å². The molecular formula is C17H22N4O2. The predicted octanol–water partition coefficient (Wildman–Crippen LogP) is 2.38. The van der Waals surface area contributed by atoms with E-state index in [1.807, 2.05) is 38.1 Å². The van der Waals surface area contributed by atoms with Crippen LogP contribution in [0.3, 0.4) is 0 Å². The second-order valence-corrected chi connectivity index (χ2v) is 5.87. The van der Waals surface area contributed by atoms with Crippen LogP contribution in [-0.2, 0) is 13.0 Å². The van der Waals surface area contributed by atoms with Crippen molar-refractivity contribution in [1.82, 2.24) is 15.1 Å². The van der Waals surface area contributed by atoms with Crippen LogP contribution >= 0.6 is 0 Å². The highest BCUT2D eigenvalue weighted by Crippen LogP contribution is 2.30. The van der Waals surface area contributed by atoms with Crippen molar-refractivity contribution in [2.75, 3.05) is 5.32 Å². The highest BCUT2D eigenvalue weighted by molar-refractivity contribution is 5.89. The number of aliphatic hydroxyl groups excluding tert-OH is 1. The van der Waals surface area contributed by atoms with E-state index >= 15 is 0 Å². The van der Waals surface area contributed by atoms with E-state index in [4.69, 9.17) is 0 Å². The van der Waals surface area contributed by atoms with E-state index in [2.05, 4.69) is 15.7 Å². The van der Waals surface area contributed by atoms with Crippen LogP contribution in [0.4, 0.5) is 10.6 Å². The molecule has 0 saturated heterocycles. The lowest BCUT2D eigenvalue weighted by molar-refractivity contribution is 0.114. The maximum Gasteiger partial charge on any atom is 0.320 e. The fourth-order valence-corrected chi connectivity index (χ4v) is 3.08. The quantitative estimate of drug-likeness (QED) is 0.814. The van der Waals surface area contributed by atoms with Gasteiger partial charge in [0.05, 0.1) is 18.3 Å². The number of carbonyl (C=O) groups excluding carboxylic acids is 1. The Balaban J connectivity index is 1.76. The smallest absolute Gasteiger partial charge is 0.320 e. The Morgan fingerprint density at radius 2 is 2.22 bits per heavy atom. The van der Waals surface area contributed by atoms with Gasteiger partial charge < -0.3 is 10.4 Å². The Bertz CT molecular complexity index is 710. The standard InChI is InChI=1S/C17H22N4O2/c1-3-21-16(11(2)10-18-21)20-17(23)19-15-13-7-5-4-6-12(13)8-9-14(15)22/h4-7,10,14-15,22H,3,8-9H2,1-2H3,(H2,19,20,23)/t14-,15+/m1/s1. The van der Waals surface area contributed by atoms with Crippen LogP contribution in [0.15, 0.2) is 30.5 Å². The number of hydrogen-bond donors (Lipinski definition) is 3. The Morgan fingerprint density at radius 3 is 3.00 bits per heavy atom. The monoisotopic (exact) mass is 314 g/mol. The van der Waals surface area contributed by atoms with E-state index in [-0.39, 0.29) is 6.03 Å². The van der Waals surface area contributed by atoms with Gasteiger partial charge in [-0.05, 0) is 37.8 Å². The molecule has 6 heteroatoms. The zero-order chi connectivity index (χ0) is 16.4. The number of urea groups is 1. The molecule has 0 aliphatic heterocycles. The van der Waals surface area contributed by atoms with Crippen molar-refractivity contribution in [2.45, 2.75) is 45.4 Å². The molecule has 3 rings (SSSR count). The minimum Gasteiger partial charge on any atom is -0.391 e. The first-order valence-electron chi connectivity index (χ1n) is 7.96. The van der Waals surface area contributed by atoms with Crippen LogP contribution in [0.1, 0.15) is 36.1 Å². The molecule has 3 N–H and O–H groups in total. The number of aromatic nitrogens is 2. The van der Waals surface area contributed by atoms with E-state index in [0.29, 0.717) is 18.8 Å². The molecular weight excluding hydrogens is 292 g/mol. The number of amides is 2. The second-order valence-electron chi connectivity index (χ2n) is 5.87. The Kier molecular flexibility index (Phi) is 4.34. The summed E-state index contributed by atoms with van der Waals surface area (Å²) in [5.41, 5.74) is 3.08. The SMILES string of the molecule is CCn1ncc(C)c1NC(=O)N[C@H]1c2ccccc2CC[C@H]1O. The summed E-state index contributed by atoms with van der Waals surface area (Å²) < 4.78 is 1.74. The van der Waals surface area contributed by atoms with Crippen molar-refractivity contribution in [3.8, 4) is 0 Å². The number of fused-ring (bicyclic) bond motifs is 1. The largest absolute Gasteiger partial charge is 0.391 e. The van der Waals surface area contributed by atoms with Crippen LogP contribution in [0.25, 0.3) is 0 Å². The molecule has 0 spiro atoms. The van der Waals surface area contributed by atoms with Crippen molar-refractivity contribution in [1.29, 1.82) is 0 Å². The second kappa shape index (κ2) is 6.42. The molecule has 0 radical (unpaired) electrons. The summed E-state index contributed by atoms with van der Waals surface area (Å²) in [6.45, 7) is 4.55. The number of benzene rings is 1. The molecule has 1 heterocycles. The lowest BCUT2D eigenvalue weighted by atomic mass is 9.86. The Hall–Kier alpha value is -2.34. The summed E-state index contributed by atoms with van der Waals surface area (Å²) in [6.07, 6.45) is 2.63. The van der Waals surface area contributed by atoms with Gasteiger partial charge in [0.1, 0.15) is 5.82 Å². The van der Waals surface area contributed by atoms with Gasteiger partial charge in [-0.2, -0.15) is 5.10 Å². The van der Waals surface area contributed by atoms with Gasteiger partial charge in [0.15, 0.2) is 0 Å². The van der Waals surface area contributed by atoms with Crippen LogP contribution in [-0.4, -0.2) is 27.0 Å². The summed E-state index contributed by atoms with van der Waals surface area (Å²) in [7, 11) is 0. The molecule has 0 fully saturated rings. The zero-order valence-corrected chi connectivity index (χ0v) is 13.4. The minimum absolute atomic E-state index is 0.330.